The molecule has 1 aromatic rings. The van der Waals surface area contributed by atoms with Crippen LogP contribution in [0.2, 0.25) is 0 Å². The monoisotopic (exact) mass is 242 g/mol. The molecule has 0 spiro atoms. The third-order valence-corrected chi connectivity index (χ3v) is 5.30. The molecule has 0 radical (unpaired) electrons. The second-order valence-electron chi connectivity index (χ2n) is 7.73. The van der Waals surface area contributed by atoms with Crippen LogP contribution in [0.3, 0.4) is 0 Å². The van der Waals surface area contributed by atoms with Crippen LogP contribution in [-0.4, -0.2) is 0 Å². The topological polar surface area (TPSA) is 0 Å². The minimum Gasteiger partial charge on any atom is -0.0590 e. The largest absolute Gasteiger partial charge is 0.0590 e. The number of hydrogen-bond donors (Lipinski definition) is 0. The summed E-state index contributed by atoms with van der Waals surface area (Å²) >= 11 is 0. The summed E-state index contributed by atoms with van der Waals surface area (Å²) in [5.41, 5.74) is 5.53. The van der Waals surface area contributed by atoms with Crippen LogP contribution in [-0.2, 0) is 10.8 Å². The molecular weight excluding hydrogens is 216 g/mol. The highest BCUT2D eigenvalue weighted by Crippen LogP contribution is 2.56. The van der Waals surface area contributed by atoms with Crippen LogP contribution < -0.4 is 0 Å². The van der Waals surface area contributed by atoms with Gasteiger partial charge in [-0.3, -0.25) is 0 Å². The van der Waals surface area contributed by atoms with E-state index in [1.165, 1.54) is 37.7 Å². The molecule has 2 bridgehead atoms. The number of rotatable bonds is 1. The highest BCUT2D eigenvalue weighted by atomic mass is 14.5. The van der Waals surface area contributed by atoms with Gasteiger partial charge in [0, 0.05) is 0 Å². The van der Waals surface area contributed by atoms with Gasteiger partial charge in [0.15, 0.2) is 0 Å². The number of hydrogen-bond acceptors (Lipinski definition) is 0. The SMILES string of the molecule is Cc1ccc(C(C)(C)C)c(C23CCC(CC2)C3)c1. The smallest absolute Gasteiger partial charge is 0.00411 e. The van der Waals surface area contributed by atoms with Crippen molar-refractivity contribution in [1.29, 1.82) is 0 Å². The first-order chi connectivity index (χ1) is 8.41. The van der Waals surface area contributed by atoms with E-state index < -0.39 is 0 Å². The van der Waals surface area contributed by atoms with Crippen LogP contribution in [0.4, 0.5) is 0 Å². The van der Waals surface area contributed by atoms with E-state index in [4.69, 9.17) is 0 Å². The van der Waals surface area contributed by atoms with Crippen LogP contribution in [0, 0.1) is 12.8 Å². The fraction of sp³-hybridized carbons (Fsp3) is 0.667. The fourth-order valence-electron chi connectivity index (χ4n) is 4.32. The Kier molecular flexibility index (Phi) is 2.63. The quantitative estimate of drug-likeness (QED) is 0.641. The zero-order chi connectivity index (χ0) is 13.0. The van der Waals surface area contributed by atoms with Crippen LogP contribution in [0.1, 0.15) is 69.6 Å². The number of aryl methyl sites for hydroxylation is 1. The maximum atomic E-state index is 2.49. The average molecular weight is 242 g/mol. The standard InChI is InChI=1S/C18H26/c1-13-5-6-15(17(2,3)4)16(11-13)18-9-7-14(12-18)8-10-18/h5-6,11,14H,7-10,12H2,1-4H3. The third kappa shape index (κ3) is 1.81. The molecular formula is C18H26. The van der Waals surface area contributed by atoms with Crippen LogP contribution >= 0.6 is 0 Å². The summed E-state index contributed by atoms with van der Waals surface area (Å²) in [6.07, 6.45) is 7.27. The Hall–Kier alpha value is -0.780. The van der Waals surface area contributed by atoms with Gasteiger partial charge in [-0.2, -0.15) is 0 Å². The second kappa shape index (κ2) is 3.85. The highest BCUT2D eigenvalue weighted by molar-refractivity contribution is 5.43. The van der Waals surface area contributed by atoms with E-state index >= 15 is 0 Å². The fourth-order valence-corrected chi connectivity index (χ4v) is 4.32. The second-order valence-corrected chi connectivity index (χ2v) is 7.73. The molecule has 1 aromatic carbocycles. The van der Waals surface area contributed by atoms with Crippen molar-refractivity contribution in [2.45, 2.75) is 70.6 Å². The Morgan fingerprint density at radius 1 is 1.11 bits per heavy atom. The molecule has 0 amide bonds. The first-order valence-electron chi connectivity index (χ1n) is 7.52. The maximum Gasteiger partial charge on any atom is -0.00411 e. The third-order valence-electron chi connectivity index (χ3n) is 5.30. The van der Waals surface area contributed by atoms with Gasteiger partial charge in [-0.25, -0.2) is 0 Å². The van der Waals surface area contributed by atoms with Gasteiger partial charge in [0.1, 0.15) is 0 Å². The molecule has 0 heterocycles. The highest BCUT2D eigenvalue weighted by Gasteiger charge is 2.47. The minimum atomic E-state index is 0.276. The predicted octanol–water partition coefficient (Wildman–Crippen LogP) is 5.12. The van der Waals surface area contributed by atoms with E-state index in [0.717, 1.165) is 5.92 Å². The summed E-state index contributed by atoms with van der Waals surface area (Å²) in [5, 5.41) is 0. The van der Waals surface area contributed by atoms with Gasteiger partial charge >= 0.3 is 0 Å². The van der Waals surface area contributed by atoms with Gasteiger partial charge in [-0.15, -0.1) is 0 Å². The van der Waals surface area contributed by atoms with E-state index in [9.17, 15) is 0 Å². The summed E-state index contributed by atoms with van der Waals surface area (Å²) in [6.45, 7) is 9.32. The van der Waals surface area contributed by atoms with Crippen LogP contribution in [0.25, 0.3) is 0 Å². The Morgan fingerprint density at radius 2 is 1.78 bits per heavy atom. The molecule has 0 unspecified atom stereocenters. The van der Waals surface area contributed by atoms with Crippen molar-refractivity contribution in [1.82, 2.24) is 0 Å². The lowest BCUT2D eigenvalue weighted by Crippen LogP contribution is -2.26. The van der Waals surface area contributed by atoms with Crippen molar-refractivity contribution in [3.05, 3.63) is 34.9 Å². The van der Waals surface area contributed by atoms with Gasteiger partial charge in [0.25, 0.3) is 0 Å². The van der Waals surface area contributed by atoms with Crippen molar-refractivity contribution in [3.8, 4) is 0 Å². The molecule has 0 N–H and O–H groups in total. The summed E-state index contributed by atoms with van der Waals surface area (Å²) in [4.78, 5) is 0. The first-order valence-corrected chi connectivity index (χ1v) is 7.52. The minimum absolute atomic E-state index is 0.276. The lowest BCUT2D eigenvalue weighted by atomic mass is 9.70. The average Bonchev–Trinajstić information content (AvgIpc) is 2.88. The van der Waals surface area contributed by atoms with E-state index in [1.54, 1.807) is 11.1 Å². The van der Waals surface area contributed by atoms with Gasteiger partial charge in [-0.1, -0.05) is 44.5 Å². The molecule has 0 aromatic heterocycles. The van der Waals surface area contributed by atoms with E-state index in [0.29, 0.717) is 5.41 Å². The van der Waals surface area contributed by atoms with Crippen molar-refractivity contribution in [2.75, 3.05) is 0 Å². The Labute approximate surface area is 112 Å². The molecule has 3 rings (SSSR count). The molecule has 0 nitrogen and oxygen atoms in total. The van der Waals surface area contributed by atoms with Gasteiger partial charge in [0.2, 0.25) is 0 Å². The maximum absolute atomic E-state index is 2.49. The summed E-state index contributed by atoms with van der Waals surface area (Å²) in [5.74, 6) is 1.03. The van der Waals surface area contributed by atoms with Crippen molar-refractivity contribution in [2.24, 2.45) is 5.92 Å². The van der Waals surface area contributed by atoms with Gasteiger partial charge < -0.3 is 0 Å². The molecule has 98 valence electrons. The Bertz CT molecular complexity index is 453. The molecule has 2 aliphatic rings. The molecule has 2 saturated carbocycles. The summed E-state index contributed by atoms with van der Waals surface area (Å²) in [6, 6.07) is 7.18. The molecule has 0 heteroatoms. The Balaban J connectivity index is 2.13. The van der Waals surface area contributed by atoms with E-state index in [-0.39, 0.29) is 5.41 Å². The van der Waals surface area contributed by atoms with E-state index in [1.807, 2.05) is 0 Å². The Morgan fingerprint density at radius 3 is 2.28 bits per heavy atom. The summed E-state index contributed by atoms with van der Waals surface area (Å²) < 4.78 is 0. The lowest BCUT2D eigenvalue weighted by molar-refractivity contribution is 0.408. The van der Waals surface area contributed by atoms with Gasteiger partial charge in [-0.05, 0) is 66.9 Å². The molecule has 0 aliphatic heterocycles. The summed E-state index contributed by atoms with van der Waals surface area (Å²) in [7, 11) is 0. The van der Waals surface area contributed by atoms with Crippen molar-refractivity contribution >= 4 is 0 Å². The predicted molar refractivity (Wildman–Crippen MR) is 78.1 cm³/mol. The molecule has 2 aliphatic carbocycles. The first kappa shape index (κ1) is 12.3. The zero-order valence-electron chi connectivity index (χ0n) is 12.3. The molecule has 0 saturated heterocycles. The van der Waals surface area contributed by atoms with E-state index in [2.05, 4.69) is 45.9 Å². The van der Waals surface area contributed by atoms with Gasteiger partial charge in [0.05, 0.1) is 0 Å². The van der Waals surface area contributed by atoms with Crippen LogP contribution in [0.5, 0.6) is 0 Å². The van der Waals surface area contributed by atoms with Crippen molar-refractivity contribution in [3.63, 3.8) is 0 Å². The molecule has 0 atom stereocenters. The number of benzene rings is 1. The van der Waals surface area contributed by atoms with Crippen molar-refractivity contribution < 1.29 is 0 Å². The molecule has 2 fully saturated rings. The number of fused-ring (bicyclic) bond motifs is 2. The normalized spacial score (nSPS) is 31.0. The van der Waals surface area contributed by atoms with Crippen LogP contribution in [0.15, 0.2) is 18.2 Å². The molecule has 18 heavy (non-hydrogen) atoms. The lowest BCUT2D eigenvalue weighted by Gasteiger charge is -2.34. The zero-order valence-corrected chi connectivity index (χ0v) is 12.3.